The highest BCUT2D eigenvalue weighted by Gasteiger charge is 2.15. The number of hydrazone groups is 1. The van der Waals surface area contributed by atoms with Gasteiger partial charge in [-0.25, -0.2) is 5.43 Å². The van der Waals surface area contributed by atoms with Crippen LogP contribution in [-0.2, 0) is 4.79 Å². The normalized spacial score (nSPS) is 12.4. The lowest BCUT2D eigenvalue weighted by Gasteiger charge is -2.07. The molecule has 0 unspecified atom stereocenters. The Kier molecular flexibility index (Phi) is 5.09. The maximum Gasteiger partial charge on any atom is 0.277 e. The second kappa shape index (κ2) is 7.44. The fourth-order valence-electron chi connectivity index (χ4n) is 2.19. The first-order chi connectivity index (χ1) is 12.0. The van der Waals surface area contributed by atoms with Gasteiger partial charge in [0.2, 0.25) is 6.79 Å². The molecule has 0 saturated carbocycles. The van der Waals surface area contributed by atoms with Crippen molar-refractivity contribution in [3.05, 3.63) is 52.0 Å². The van der Waals surface area contributed by atoms with Crippen LogP contribution in [-0.4, -0.2) is 25.5 Å². The van der Waals surface area contributed by atoms with Gasteiger partial charge in [0.05, 0.1) is 11.2 Å². The second-order valence-corrected chi connectivity index (χ2v) is 5.96. The molecule has 0 aliphatic carbocycles. The van der Waals surface area contributed by atoms with Crippen molar-refractivity contribution >= 4 is 23.7 Å². The van der Waals surface area contributed by atoms with Crippen LogP contribution in [0.3, 0.4) is 0 Å². The number of hydrogen-bond donors (Lipinski definition) is 1. The van der Waals surface area contributed by atoms with Crippen LogP contribution in [0.2, 0.25) is 5.02 Å². The fraction of sp³-hybridized carbons (Fsp3) is 0.222. The zero-order chi connectivity index (χ0) is 17.8. The number of amides is 1. The second-order valence-electron chi connectivity index (χ2n) is 5.55. The van der Waals surface area contributed by atoms with Gasteiger partial charge in [-0.3, -0.25) is 4.79 Å². The van der Waals surface area contributed by atoms with Gasteiger partial charge in [-0.15, -0.1) is 0 Å². The molecule has 2 aromatic rings. The van der Waals surface area contributed by atoms with Crippen molar-refractivity contribution in [2.24, 2.45) is 5.10 Å². The van der Waals surface area contributed by atoms with Gasteiger partial charge in [0.15, 0.2) is 18.1 Å². The third-order valence-electron chi connectivity index (χ3n) is 3.73. The van der Waals surface area contributed by atoms with Crippen LogP contribution in [0.15, 0.2) is 35.4 Å². The number of nitrogens with zero attached hydrogens (tertiary/aromatic N) is 1. The molecule has 7 heteroatoms. The van der Waals surface area contributed by atoms with Crippen molar-refractivity contribution < 1.29 is 19.0 Å². The molecule has 2 aromatic carbocycles. The Labute approximate surface area is 150 Å². The molecule has 0 radical (unpaired) electrons. The smallest absolute Gasteiger partial charge is 0.277 e. The maximum absolute atomic E-state index is 11.8. The summed E-state index contributed by atoms with van der Waals surface area (Å²) in [6.45, 7) is 4.04. The molecule has 1 heterocycles. The molecule has 130 valence electrons. The Morgan fingerprint density at radius 1 is 1.24 bits per heavy atom. The first-order valence-corrected chi connectivity index (χ1v) is 8.02. The fourth-order valence-corrected chi connectivity index (χ4v) is 2.39. The van der Waals surface area contributed by atoms with Gasteiger partial charge in [0, 0.05) is 11.6 Å². The highest BCUT2D eigenvalue weighted by atomic mass is 35.5. The summed E-state index contributed by atoms with van der Waals surface area (Å²) in [6.07, 6.45) is 1.44. The van der Waals surface area contributed by atoms with E-state index in [4.69, 9.17) is 25.8 Å². The molecule has 3 rings (SSSR count). The minimum absolute atomic E-state index is 0.130. The number of aryl methyl sites for hydroxylation is 2. The number of carbonyl (C=O) groups excluding carboxylic acids is 1. The Hall–Kier alpha value is -2.73. The highest BCUT2D eigenvalue weighted by Crippen LogP contribution is 2.36. The molecular formula is C18H17ClN2O4. The summed E-state index contributed by atoms with van der Waals surface area (Å²) in [5.74, 6) is 1.45. The molecule has 6 nitrogen and oxygen atoms in total. The third kappa shape index (κ3) is 4.22. The van der Waals surface area contributed by atoms with E-state index in [9.17, 15) is 4.79 Å². The lowest BCUT2D eigenvalue weighted by Crippen LogP contribution is -2.24. The SMILES string of the molecule is Cc1ccc(OCC(=O)NN=Cc2cc3c(cc2Cl)OCO3)cc1C. The monoisotopic (exact) mass is 360 g/mol. The van der Waals surface area contributed by atoms with Crippen molar-refractivity contribution in [2.75, 3.05) is 13.4 Å². The Morgan fingerprint density at radius 2 is 2.00 bits per heavy atom. The zero-order valence-corrected chi connectivity index (χ0v) is 14.6. The van der Waals surface area contributed by atoms with E-state index in [-0.39, 0.29) is 19.3 Å². The van der Waals surface area contributed by atoms with Crippen molar-refractivity contribution in [3.63, 3.8) is 0 Å². The zero-order valence-electron chi connectivity index (χ0n) is 13.8. The number of fused-ring (bicyclic) bond motifs is 1. The summed E-state index contributed by atoms with van der Waals surface area (Å²) >= 11 is 6.13. The molecule has 0 fully saturated rings. The molecule has 1 N–H and O–H groups in total. The molecule has 0 atom stereocenters. The van der Waals surface area contributed by atoms with Crippen LogP contribution in [0.1, 0.15) is 16.7 Å². The highest BCUT2D eigenvalue weighted by molar-refractivity contribution is 6.33. The molecule has 25 heavy (non-hydrogen) atoms. The van der Waals surface area contributed by atoms with Gasteiger partial charge < -0.3 is 14.2 Å². The quantitative estimate of drug-likeness (QED) is 0.656. The predicted octanol–water partition coefficient (Wildman–Crippen LogP) is 3.21. The van der Waals surface area contributed by atoms with E-state index in [1.165, 1.54) is 11.8 Å². The van der Waals surface area contributed by atoms with Crippen LogP contribution in [0.5, 0.6) is 17.2 Å². The Morgan fingerprint density at radius 3 is 2.76 bits per heavy atom. The standard InChI is InChI=1S/C18H17ClN2O4/c1-11-3-4-14(5-12(11)2)23-9-18(22)21-20-8-13-6-16-17(7-15(13)19)25-10-24-16/h3-8H,9-10H2,1-2H3,(H,21,22). The summed E-state index contributed by atoms with van der Waals surface area (Å²) < 4.78 is 15.9. The summed E-state index contributed by atoms with van der Waals surface area (Å²) in [7, 11) is 0. The van der Waals surface area contributed by atoms with Crippen LogP contribution in [0, 0.1) is 13.8 Å². The molecule has 0 saturated heterocycles. The largest absolute Gasteiger partial charge is 0.484 e. The van der Waals surface area contributed by atoms with E-state index in [1.54, 1.807) is 12.1 Å². The predicted molar refractivity (Wildman–Crippen MR) is 94.7 cm³/mol. The van der Waals surface area contributed by atoms with Gasteiger partial charge in [-0.05, 0) is 43.2 Å². The number of benzene rings is 2. The Balaban J connectivity index is 1.53. The van der Waals surface area contributed by atoms with Gasteiger partial charge in [0.25, 0.3) is 5.91 Å². The molecule has 0 spiro atoms. The molecule has 0 aromatic heterocycles. The van der Waals surface area contributed by atoms with Gasteiger partial charge in [-0.2, -0.15) is 5.10 Å². The number of carbonyl (C=O) groups is 1. The van der Waals surface area contributed by atoms with Gasteiger partial charge in [0.1, 0.15) is 5.75 Å². The number of rotatable bonds is 5. The van der Waals surface area contributed by atoms with E-state index in [2.05, 4.69) is 10.5 Å². The van der Waals surface area contributed by atoms with Crippen molar-refractivity contribution in [3.8, 4) is 17.2 Å². The van der Waals surface area contributed by atoms with Gasteiger partial charge in [-0.1, -0.05) is 17.7 Å². The van der Waals surface area contributed by atoms with E-state index in [0.29, 0.717) is 27.8 Å². The minimum atomic E-state index is -0.369. The topological polar surface area (TPSA) is 69.2 Å². The van der Waals surface area contributed by atoms with E-state index in [1.807, 2.05) is 32.0 Å². The average Bonchev–Trinajstić information content (AvgIpc) is 3.03. The first-order valence-electron chi connectivity index (χ1n) is 7.64. The van der Waals surface area contributed by atoms with E-state index in [0.717, 1.165) is 5.56 Å². The van der Waals surface area contributed by atoms with Crippen LogP contribution >= 0.6 is 11.6 Å². The van der Waals surface area contributed by atoms with Crippen LogP contribution < -0.4 is 19.6 Å². The average molecular weight is 361 g/mol. The van der Waals surface area contributed by atoms with Crippen LogP contribution in [0.25, 0.3) is 0 Å². The minimum Gasteiger partial charge on any atom is -0.484 e. The van der Waals surface area contributed by atoms with Gasteiger partial charge >= 0.3 is 0 Å². The summed E-state index contributed by atoms with van der Waals surface area (Å²) in [5.41, 5.74) is 5.28. The number of ether oxygens (including phenoxy) is 3. The van der Waals surface area contributed by atoms with Crippen molar-refractivity contribution in [2.45, 2.75) is 13.8 Å². The van der Waals surface area contributed by atoms with Crippen molar-refractivity contribution in [1.82, 2.24) is 5.43 Å². The summed E-state index contributed by atoms with van der Waals surface area (Å²) in [5, 5.41) is 4.34. The molecule has 1 aliphatic rings. The number of hydrogen-bond acceptors (Lipinski definition) is 5. The van der Waals surface area contributed by atoms with E-state index >= 15 is 0 Å². The molecule has 1 aliphatic heterocycles. The number of halogens is 1. The Bertz CT molecular complexity index is 836. The van der Waals surface area contributed by atoms with Crippen molar-refractivity contribution in [1.29, 1.82) is 0 Å². The summed E-state index contributed by atoms with van der Waals surface area (Å²) in [6, 6.07) is 9.01. The lowest BCUT2D eigenvalue weighted by molar-refractivity contribution is -0.123. The summed E-state index contributed by atoms with van der Waals surface area (Å²) in [4.78, 5) is 11.8. The van der Waals surface area contributed by atoms with Crippen LogP contribution in [0.4, 0.5) is 0 Å². The first kappa shape index (κ1) is 17.1. The lowest BCUT2D eigenvalue weighted by atomic mass is 10.1. The third-order valence-corrected chi connectivity index (χ3v) is 4.06. The maximum atomic E-state index is 11.8. The van der Waals surface area contributed by atoms with E-state index < -0.39 is 0 Å². The molecule has 1 amide bonds. The molecular weight excluding hydrogens is 344 g/mol. The number of nitrogens with one attached hydrogen (secondary N) is 1. The molecule has 0 bridgehead atoms.